The van der Waals surface area contributed by atoms with E-state index in [0.29, 0.717) is 25.2 Å². The van der Waals surface area contributed by atoms with Crippen LogP contribution in [0.15, 0.2) is 5.51 Å². The molecule has 6 nitrogen and oxygen atoms in total. The Bertz CT molecular complexity index is 588. The number of aryl methyl sites for hydroxylation is 1. The number of amides is 2. The van der Waals surface area contributed by atoms with Gasteiger partial charge in [-0.3, -0.25) is 14.5 Å². The second kappa shape index (κ2) is 5.96. The zero-order chi connectivity index (χ0) is 15.7. The first-order valence-electron chi connectivity index (χ1n) is 7.69. The van der Waals surface area contributed by atoms with Gasteiger partial charge in [-0.25, -0.2) is 4.98 Å². The largest absolute Gasteiger partial charge is 0.356 e. The van der Waals surface area contributed by atoms with Crippen molar-refractivity contribution < 1.29 is 9.59 Å². The molecule has 1 aromatic heterocycles. The molecule has 7 heteroatoms. The van der Waals surface area contributed by atoms with Crippen LogP contribution in [0.1, 0.15) is 34.6 Å². The van der Waals surface area contributed by atoms with Crippen molar-refractivity contribution >= 4 is 23.2 Å². The molecule has 1 atom stereocenters. The summed E-state index contributed by atoms with van der Waals surface area (Å²) < 4.78 is 0. The van der Waals surface area contributed by atoms with Gasteiger partial charge >= 0.3 is 0 Å². The molecule has 2 amide bonds. The molecule has 2 aliphatic rings. The van der Waals surface area contributed by atoms with Gasteiger partial charge in [-0.15, -0.1) is 11.3 Å². The molecule has 1 N–H and O–H groups in total. The Morgan fingerprint density at radius 1 is 1.41 bits per heavy atom. The van der Waals surface area contributed by atoms with Crippen molar-refractivity contribution in [2.75, 3.05) is 33.2 Å². The number of thiazole rings is 1. The molecule has 2 saturated heterocycles. The van der Waals surface area contributed by atoms with Crippen LogP contribution in [0.5, 0.6) is 0 Å². The van der Waals surface area contributed by atoms with Crippen molar-refractivity contribution in [1.29, 1.82) is 0 Å². The quantitative estimate of drug-likeness (QED) is 0.833. The van der Waals surface area contributed by atoms with Gasteiger partial charge in [0, 0.05) is 43.0 Å². The van der Waals surface area contributed by atoms with Crippen LogP contribution in [-0.2, 0) is 4.79 Å². The van der Waals surface area contributed by atoms with Gasteiger partial charge in [0.25, 0.3) is 5.91 Å². The highest BCUT2D eigenvalue weighted by molar-refractivity contribution is 7.09. The van der Waals surface area contributed by atoms with Crippen LogP contribution in [0.25, 0.3) is 0 Å². The minimum Gasteiger partial charge on any atom is -0.356 e. The molecule has 2 aliphatic heterocycles. The van der Waals surface area contributed by atoms with Crippen molar-refractivity contribution in [3.63, 3.8) is 0 Å². The number of carbonyl (C=O) groups is 2. The summed E-state index contributed by atoms with van der Waals surface area (Å²) in [5.41, 5.74) is 2.20. The molecule has 120 valence electrons. The number of rotatable bonds is 1. The van der Waals surface area contributed by atoms with Gasteiger partial charge in [0.05, 0.1) is 5.51 Å². The van der Waals surface area contributed by atoms with E-state index in [-0.39, 0.29) is 17.4 Å². The van der Waals surface area contributed by atoms with Gasteiger partial charge in [0.2, 0.25) is 5.91 Å². The first-order valence-corrected chi connectivity index (χ1v) is 8.57. The number of hydrogen-bond acceptors (Lipinski definition) is 5. The molecule has 0 aliphatic carbocycles. The van der Waals surface area contributed by atoms with Crippen LogP contribution in [-0.4, -0.2) is 65.4 Å². The standard InChI is InChI=1S/C15H22N4O2S/c1-11-13(17-10-22-11)14(21)19-8-7-18(2)15(9-19)4-3-12(20)16-6-5-15/h10H,3-9H2,1-2H3,(H,16,20). The summed E-state index contributed by atoms with van der Waals surface area (Å²) in [5, 5.41) is 2.94. The van der Waals surface area contributed by atoms with Crippen LogP contribution in [0.4, 0.5) is 0 Å². The number of aromatic nitrogens is 1. The summed E-state index contributed by atoms with van der Waals surface area (Å²) in [4.78, 5) is 33.8. The molecule has 0 radical (unpaired) electrons. The molecular weight excluding hydrogens is 300 g/mol. The van der Waals surface area contributed by atoms with Crippen molar-refractivity contribution in [1.82, 2.24) is 20.1 Å². The fourth-order valence-corrected chi connectivity index (χ4v) is 4.00. The van der Waals surface area contributed by atoms with Crippen molar-refractivity contribution in [3.8, 4) is 0 Å². The minimum absolute atomic E-state index is 0.0229. The van der Waals surface area contributed by atoms with Crippen LogP contribution < -0.4 is 5.32 Å². The lowest BCUT2D eigenvalue weighted by Crippen LogP contribution is -2.62. The van der Waals surface area contributed by atoms with Crippen molar-refractivity contribution in [3.05, 3.63) is 16.1 Å². The lowest BCUT2D eigenvalue weighted by atomic mass is 9.86. The van der Waals surface area contributed by atoms with Gasteiger partial charge in [0.15, 0.2) is 0 Å². The predicted octanol–water partition coefficient (Wildman–Crippen LogP) is 0.878. The lowest BCUT2D eigenvalue weighted by molar-refractivity contribution is -0.121. The number of nitrogens with one attached hydrogen (secondary N) is 1. The van der Waals surface area contributed by atoms with E-state index < -0.39 is 0 Å². The van der Waals surface area contributed by atoms with E-state index in [9.17, 15) is 9.59 Å². The SMILES string of the molecule is Cc1scnc1C(=O)N1CCN(C)C2(CCNC(=O)CC2)C1. The zero-order valence-electron chi connectivity index (χ0n) is 13.1. The third-order valence-electron chi connectivity index (χ3n) is 4.96. The maximum absolute atomic E-state index is 12.7. The van der Waals surface area contributed by atoms with E-state index in [1.54, 1.807) is 5.51 Å². The fraction of sp³-hybridized carbons (Fsp3) is 0.667. The third-order valence-corrected chi connectivity index (χ3v) is 5.72. The predicted molar refractivity (Wildman–Crippen MR) is 85.0 cm³/mol. The second-order valence-electron chi connectivity index (χ2n) is 6.23. The van der Waals surface area contributed by atoms with Crippen molar-refractivity contribution in [2.24, 2.45) is 0 Å². The Balaban J connectivity index is 1.80. The Morgan fingerprint density at radius 3 is 2.95 bits per heavy atom. The first-order chi connectivity index (χ1) is 10.5. The van der Waals surface area contributed by atoms with Crippen molar-refractivity contribution in [2.45, 2.75) is 31.7 Å². The minimum atomic E-state index is -0.100. The van der Waals surface area contributed by atoms with Gasteiger partial charge < -0.3 is 10.2 Å². The van der Waals surface area contributed by atoms with E-state index in [4.69, 9.17) is 0 Å². The number of likely N-dealkylation sites (N-methyl/N-ethyl adjacent to an activating group) is 1. The van der Waals surface area contributed by atoms with E-state index in [0.717, 1.165) is 30.8 Å². The molecule has 0 bridgehead atoms. The molecule has 1 unspecified atom stereocenters. The maximum Gasteiger partial charge on any atom is 0.273 e. The Hall–Kier alpha value is -1.47. The Labute approximate surface area is 134 Å². The smallest absolute Gasteiger partial charge is 0.273 e. The van der Waals surface area contributed by atoms with Crippen LogP contribution >= 0.6 is 11.3 Å². The highest BCUT2D eigenvalue weighted by Gasteiger charge is 2.42. The number of piperazine rings is 1. The first kappa shape index (κ1) is 15.4. The summed E-state index contributed by atoms with van der Waals surface area (Å²) in [5.74, 6) is 0.138. The Kier molecular flexibility index (Phi) is 4.18. The summed E-state index contributed by atoms with van der Waals surface area (Å²) in [6.07, 6.45) is 2.21. The third kappa shape index (κ3) is 2.75. The van der Waals surface area contributed by atoms with Gasteiger partial charge in [-0.2, -0.15) is 0 Å². The molecule has 22 heavy (non-hydrogen) atoms. The molecule has 2 fully saturated rings. The molecule has 3 rings (SSSR count). The molecule has 1 spiro atoms. The van der Waals surface area contributed by atoms with Crippen LogP contribution in [0, 0.1) is 6.92 Å². The number of hydrogen-bond donors (Lipinski definition) is 1. The molecular formula is C15H22N4O2S. The fourth-order valence-electron chi connectivity index (χ4n) is 3.43. The Morgan fingerprint density at radius 2 is 2.23 bits per heavy atom. The van der Waals surface area contributed by atoms with Crippen LogP contribution in [0.3, 0.4) is 0 Å². The summed E-state index contributed by atoms with van der Waals surface area (Å²) >= 11 is 1.50. The van der Waals surface area contributed by atoms with Gasteiger partial charge in [-0.05, 0) is 26.8 Å². The van der Waals surface area contributed by atoms with Gasteiger partial charge in [0.1, 0.15) is 5.69 Å². The van der Waals surface area contributed by atoms with E-state index in [1.807, 2.05) is 11.8 Å². The average molecular weight is 322 g/mol. The highest BCUT2D eigenvalue weighted by atomic mass is 32.1. The molecule has 0 aromatic carbocycles. The maximum atomic E-state index is 12.7. The van der Waals surface area contributed by atoms with Crippen LogP contribution in [0.2, 0.25) is 0 Å². The molecule has 0 saturated carbocycles. The summed E-state index contributed by atoms with van der Waals surface area (Å²) in [6.45, 7) is 4.85. The zero-order valence-corrected chi connectivity index (χ0v) is 13.9. The van der Waals surface area contributed by atoms with E-state index >= 15 is 0 Å². The molecule has 1 aromatic rings. The van der Waals surface area contributed by atoms with E-state index in [1.165, 1.54) is 11.3 Å². The normalized spacial score (nSPS) is 26.8. The highest BCUT2D eigenvalue weighted by Crippen LogP contribution is 2.31. The number of nitrogens with zero attached hydrogens (tertiary/aromatic N) is 3. The molecule has 3 heterocycles. The monoisotopic (exact) mass is 322 g/mol. The summed E-state index contributed by atoms with van der Waals surface area (Å²) in [7, 11) is 2.10. The number of carbonyl (C=O) groups excluding carboxylic acids is 2. The van der Waals surface area contributed by atoms with Gasteiger partial charge in [-0.1, -0.05) is 0 Å². The van der Waals surface area contributed by atoms with E-state index in [2.05, 4.69) is 22.2 Å². The summed E-state index contributed by atoms with van der Waals surface area (Å²) in [6, 6.07) is 0. The second-order valence-corrected chi connectivity index (χ2v) is 7.29. The average Bonchev–Trinajstić information content (AvgIpc) is 2.84. The topological polar surface area (TPSA) is 65.5 Å². The lowest BCUT2D eigenvalue weighted by Gasteiger charge is -2.49.